The van der Waals surface area contributed by atoms with Crippen LogP contribution >= 0.6 is 0 Å². The first-order chi connectivity index (χ1) is 9.79. The summed E-state index contributed by atoms with van der Waals surface area (Å²) in [5, 5.41) is 0.630. The van der Waals surface area contributed by atoms with E-state index in [0.717, 1.165) is 11.3 Å². The second-order valence-corrected chi connectivity index (χ2v) is 4.51. The number of methoxy groups -OCH3 is 1. The van der Waals surface area contributed by atoms with Crippen molar-refractivity contribution in [2.45, 2.75) is 6.54 Å². The molecule has 0 spiro atoms. The molecule has 0 radical (unpaired) electrons. The quantitative estimate of drug-likeness (QED) is 0.731. The molecule has 0 saturated carbocycles. The summed E-state index contributed by atoms with van der Waals surface area (Å²) >= 11 is 0. The molecule has 1 aromatic heterocycles. The number of nitrogens with zero attached hydrogens (tertiary/aromatic N) is 2. The van der Waals surface area contributed by atoms with E-state index in [0.29, 0.717) is 17.4 Å². The molecule has 0 atom stereocenters. The normalized spacial score (nSPS) is 10.7. The Morgan fingerprint density at radius 2 is 1.85 bits per heavy atom. The van der Waals surface area contributed by atoms with Gasteiger partial charge in [-0.2, -0.15) is 0 Å². The van der Waals surface area contributed by atoms with E-state index >= 15 is 0 Å². The molecule has 0 aliphatic rings. The molecule has 3 aromatic rings. The van der Waals surface area contributed by atoms with Gasteiger partial charge >= 0.3 is 0 Å². The highest BCUT2D eigenvalue weighted by Gasteiger charge is 2.06. The third kappa shape index (κ3) is 2.16. The maximum Gasteiger partial charge on any atom is 0.261 e. The Labute approximate surface area is 116 Å². The van der Waals surface area contributed by atoms with Gasteiger partial charge in [-0.25, -0.2) is 4.98 Å². The van der Waals surface area contributed by atoms with Crippen molar-refractivity contribution in [1.29, 1.82) is 0 Å². The van der Waals surface area contributed by atoms with Crippen LogP contribution < -0.4 is 10.3 Å². The second-order valence-electron chi connectivity index (χ2n) is 4.51. The average Bonchev–Trinajstić information content (AvgIpc) is 2.51. The van der Waals surface area contributed by atoms with E-state index in [9.17, 15) is 4.79 Å². The van der Waals surface area contributed by atoms with Crippen molar-refractivity contribution >= 4 is 10.9 Å². The van der Waals surface area contributed by atoms with Crippen LogP contribution in [-0.4, -0.2) is 16.7 Å². The smallest absolute Gasteiger partial charge is 0.261 e. The maximum absolute atomic E-state index is 12.4. The fourth-order valence-electron chi connectivity index (χ4n) is 2.24. The van der Waals surface area contributed by atoms with E-state index in [4.69, 9.17) is 4.74 Å². The fourth-order valence-corrected chi connectivity index (χ4v) is 2.24. The van der Waals surface area contributed by atoms with Crippen molar-refractivity contribution in [3.63, 3.8) is 0 Å². The zero-order chi connectivity index (χ0) is 13.9. The summed E-state index contributed by atoms with van der Waals surface area (Å²) in [6.45, 7) is 0.445. The standard InChI is InChI=1S/C16H14N2O2/c1-20-15-9-5-2-6-12(15)10-18-11-17-14-8-4-3-7-13(14)16(18)19/h2-9,11H,10H2,1H3. The molecule has 0 unspecified atom stereocenters. The topological polar surface area (TPSA) is 44.1 Å². The van der Waals surface area contributed by atoms with Crippen molar-refractivity contribution in [3.8, 4) is 5.75 Å². The number of hydrogen-bond acceptors (Lipinski definition) is 3. The third-order valence-corrected chi connectivity index (χ3v) is 3.26. The summed E-state index contributed by atoms with van der Waals surface area (Å²) in [6, 6.07) is 15.0. The number of ether oxygens (including phenoxy) is 1. The number of fused-ring (bicyclic) bond motifs is 1. The lowest BCUT2D eigenvalue weighted by atomic mass is 10.2. The Morgan fingerprint density at radius 1 is 1.10 bits per heavy atom. The third-order valence-electron chi connectivity index (χ3n) is 3.26. The van der Waals surface area contributed by atoms with Crippen LogP contribution in [0.5, 0.6) is 5.75 Å². The monoisotopic (exact) mass is 266 g/mol. The van der Waals surface area contributed by atoms with Gasteiger partial charge < -0.3 is 4.74 Å². The first-order valence-electron chi connectivity index (χ1n) is 6.35. The van der Waals surface area contributed by atoms with Gasteiger partial charge in [0.1, 0.15) is 5.75 Å². The van der Waals surface area contributed by atoms with Crippen LogP contribution in [-0.2, 0) is 6.54 Å². The summed E-state index contributed by atoms with van der Waals surface area (Å²) in [5.41, 5.74) is 1.63. The van der Waals surface area contributed by atoms with Crippen LogP contribution in [0, 0.1) is 0 Å². The van der Waals surface area contributed by atoms with Crippen LogP contribution in [0.4, 0.5) is 0 Å². The predicted molar refractivity (Wildman–Crippen MR) is 78.1 cm³/mol. The predicted octanol–water partition coefficient (Wildman–Crippen LogP) is 2.45. The number of aromatic nitrogens is 2. The molecular weight excluding hydrogens is 252 g/mol. The number of benzene rings is 2. The summed E-state index contributed by atoms with van der Waals surface area (Å²) in [5.74, 6) is 0.771. The molecule has 100 valence electrons. The minimum Gasteiger partial charge on any atom is -0.496 e. The Morgan fingerprint density at radius 3 is 2.70 bits per heavy atom. The van der Waals surface area contributed by atoms with Gasteiger partial charge in [-0.05, 0) is 18.2 Å². The SMILES string of the molecule is COc1ccccc1Cn1cnc2ccccc2c1=O. The minimum absolute atomic E-state index is 0.0403. The zero-order valence-electron chi connectivity index (χ0n) is 11.1. The lowest BCUT2D eigenvalue weighted by Crippen LogP contribution is -2.21. The van der Waals surface area contributed by atoms with E-state index in [2.05, 4.69) is 4.98 Å². The van der Waals surface area contributed by atoms with Crippen molar-refractivity contribution in [1.82, 2.24) is 9.55 Å². The minimum atomic E-state index is -0.0403. The molecule has 4 heteroatoms. The molecule has 2 aromatic carbocycles. The molecule has 0 N–H and O–H groups in total. The summed E-state index contributed by atoms with van der Waals surface area (Å²) in [4.78, 5) is 16.7. The first-order valence-corrected chi connectivity index (χ1v) is 6.35. The van der Waals surface area contributed by atoms with Crippen LogP contribution in [0.3, 0.4) is 0 Å². The molecule has 0 aliphatic carbocycles. The largest absolute Gasteiger partial charge is 0.496 e. The molecule has 0 bridgehead atoms. The Hall–Kier alpha value is -2.62. The van der Waals surface area contributed by atoms with E-state index < -0.39 is 0 Å². The molecule has 3 rings (SSSR count). The van der Waals surface area contributed by atoms with E-state index in [-0.39, 0.29) is 5.56 Å². The van der Waals surface area contributed by atoms with Gasteiger partial charge in [0, 0.05) is 5.56 Å². The highest BCUT2D eigenvalue weighted by atomic mass is 16.5. The number of hydrogen-bond donors (Lipinski definition) is 0. The Bertz CT molecular complexity index is 809. The van der Waals surface area contributed by atoms with Crippen LogP contribution in [0.2, 0.25) is 0 Å². The molecule has 4 nitrogen and oxygen atoms in total. The number of para-hydroxylation sites is 2. The maximum atomic E-state index is 12.4. The van der Waals surface area contributed by atoms with Crippen molar-refractivity contribution < 1.29 is 4.74 Å². The second kappa shape index (κ2) is 5.17. The molecule has 0 saturated heterocycles. The fraction of sp³-hybridized carbons (Fsp3) is 0.125. The van der Waals surface area contributed by atoms with Gasteiger partial charge in [0.15, 0.2) is 0 Å². The van der Waals surface area contributed by atoms with Crippen molar-refractivity contribution in [2.75, 3.05) is 7.11 Å². The molecule has 0 aliphatic heterocycles. The van der Waals surface area contributed by atoms with Gasteiger partial charge in [-0.3, -0.25) is 9.36 Å². The van der Waals surface area contributed by atoms with Gasteiger partial charge in [-0.1, -0.05) is 30.3 Å². The lowest BCUT2D eigenvalue weighted by molar-refractivity contribution is 0.408. The van der Waals surface area contributed by atoms with Gasteiger partial charge in [0.2, 0.25) is 0 Å². The highest BCUT2D eigenvalue weighted by molar-refractivity contribution is 5.76. The van der Waals surface area contributed by atoms with Gasteiger partial charge in [0.25, 0.3) is 5.56 Å². The molecule has 20 heavy (non-hydrogen) atoms. The Kier molecular flexibility index (Phi) is 3.21. The summed E-state index contributed by atoms with van der Waals surface area (Å²) in [7, 11) is 1.63. The van der Waals surface area contributed by atoms with E-state index in [1.54, 1.807) is 24.1 Å². The summed E-state index contributed by atoms with van der Waals surface area (Å²) < 4.78 is 6.91. The number of rotatable bonds is 3. The lowest BCUT2D eigenvalue weighted by Gasteiger charge is -2.10. The van der Waals surface area contributed by atoms with Crippen molar-refractivity contribution in [2.24, 2.45) is 0 Å². The molecule has 0 fully saturated rings. The summed E-state index contributed by atoms with van der Waals surface area (Å²) in [6.07, 6.45) is 1.58. The van der Waals surface area contributed by atoms with Crippen LogP contribution in [0.1, 0.15) is 5.56 Å². The molecule has 1 heterocycles. The Balaban J connectivity index is 2.07. The molecular formula is C16H14N2O2. The van der Waals surface area contributed by atoms with E-state index in [1.807, 2.05) is 42.5 Å². The van der Waals surface area contributed by atoms with Crippen LogP contribution in [0.15, 0.2) is 59.7 Å². The highest BCUT2D eigenvalue weighted by Crippen LogP contribution is 2.18. The first kappa shape index (κ1) is 12.4. The zero-order valence-corrected chi connectivity index (χ0v) is 11.1. The van der Waals surface area contributed by atoms with E-state index in [1.165, 1.54) is 0 Å². The van der Waals surface area contributed by atoms with Gasteiger partial charge in [-0.15, -0.1) is 0 Å². The van der Waals surface area contributed by atoms with Crippen LogP contribution in [0.25, 0.3) is 10.9 Å². The molecule has 0 amide bonds. The van der Waals surface area contributed by atoms with Crippen molar-refractivity contribution in [3.05, 3.63) is 70.8 Å². The van der Waals surface area contributed by atoms with Gasteiger partial charge in [0.05, 0.1) is 30.9 Å². The average molecular weight is 266 g/mol.